The standard InChI is InChI=1S/C15H12Cl2N4O/c1-9-10(5-12(7-18)21(9)2)8-19-20-15(22)13-6-11(16)3-4-14(13)17/h3-6,8H,1-2H3,(H,20,22)/b19-8-. The molecule has 0 aliphatic rings. The number of carbonyl (C=O) groups excluding carboxylic acids is 1. The predicted octanol–water partition coefficient (Wildman–Crippen LogP) is 3.28. The maximum Gasteiger partial charge on any atom is 0.272 e. The second-order valence-corrected chi connectivity index (χ2v) is 5.41. The van der Waals surface area contributed by atoms with Crippen molar-refractivity contribution in [1.29, 1.82) is 5.26 Å². The summed E-state index contributed by atoms with van der Waals surface area (Å²) in [4.78, 5) is 12.0. The third kappa shape index (κ3) is 3.30. The van der Waals surface area contributed by atoms with Crippen molar-refractivity contribution in [2.75, 3.05) is 0 Å². The minimum Gasteiger partial charge on any atom is -0.339 e. The van der Waals surface area contributed by atoms with E-state index < -0.39 is 5.91 Å². The Morgan fingerprint density at radius 1 is 1.41 bits per heavy atom. The van der Waals surface area contributed by atoms with Crippen molar-refractivity contribution in [2.45, 2.75) is 6.92 Å². The fraction of sp³-hybridized carbons (Fsp3) is 0.133. The highest BCUT2D eigenvalue weighted by atomic mass is 35.5. The molecule has 1 N–H and O–H groups in total. The molecule has 0 fully saturated rings. The second kappa shape index (κ2) is 6.65. The quantitative estimate of drug-likeness (QED) is 0.691. The molecule has 0 saturated heterocycles. The minimum absolute atomic E-state index is 0.244. The van der Waals surface area contributed by atoms with Gasteiger partial charge >= 0.3 is 0 Å². The van der Waals surface area contributed by atoms with Gasteiger partial charge in [0.25, 0.3) is 5.91 Å². The number of hydrazone groups is 1. The van der Waals surface area contributed by atoms with Gasteiger partial charge in [-0.1, -0.05) is 23.2 Å². The van der Waals surface area contributed by atoms with Gasteiger partial charge in [-0.3, -0.25) is 4.79 Å². The molecule has 7 heteroatoms. The average molecular weight is 335 g/mol. The molecule has 0 atom stereocenters. The van der Waals surface area contributed by atoms with E-state index in [0.29, 0.717) is 15.7 Å². The van der Waals surface area contributed by atoms with Crippen LogP contribution in [0.25, 0.3) is 0 Å². The molecule has 1 aromatic heterocycles. The van der Waals surface area contributed by atoms with Crippen molar-refractivity contribution < 1.29 is 4.79 Å². The van der Waals surface area contributed by atoms with Gasteiger partial charge < -0.3 is 4.57 Å². The van der Waals surface area contributed by atoms with Crippen LogP contribution in [0.3, 0.4) is 0 Å². The molecule has 0 aliphatic heterocycles. The van der Waals surface area contributed by atoms with E-state index in [2.05, 4.69) is 16.6 Å². The summed E-state index contributed by atoms with van der Waals surface area (Å²) >= 11 is 11.8. The summed E-state index contributed by atoms with van der Waals surface area (Å²) in [6.07, 6.45) is 1.48. The Morgan fingerprint density at radius 3 is 2.77 bits per heavy atom. The fourth-order valence-corrected chi connectivity index (χ4v) is 2.23. The van der Waals surface area contributed by atoms with Crippen LogP contribution in [-0.4, -0.2) is 16.7 Å². The van der Waals surface area contributed by atoms with Crippen LogP contribution in [0.5, 0.6) is 0 Å². The van der Waals surface area contributed by atoms with Crippen LogP contribution in [0, 0.1) is 18.3 Å². The monoisotopic (exact) mass is 334 g/mol. The van der Waals surface area contributed by atoms with Gasteiger partial charge in [-0.15, -0.1) is 0 Å². The molecule has 0 bridgehead atoms. The van der Waals surface area contributed by atoms with Gasteiger partial charge in [0.05, 0.1) is 16.8 Å². The van der Waals surface area contributed by atoms with Crippen LogP contribution in [0.4, 0.5) is 0 Å². The Balaban J connectivity index is 2.14. The first-order valence-corrected chi connectivity index (χ1v) is 7.04. The summed E-state index contributed by atoms with van der Waals surface area (Å²) in [5, 5.41) is 13.6. The number of hydrogen-bond donors (Lipinski definition) is 1. The number of rotatable bonds is 3. The fourth-order valence-electron chi connectivity index (χ4n) is 1.85. The zero-order valence-electron chi connectivity index (χ0n) is 11.9. The highest BCUT2D eigenvalue weighted by molar-refractivity contribution is 6.35. The van der Waals surface area contributed by atoms with Gasteiger partial charge in [-0.2, -0.15) is 10.4 Å². The molecule has 0 unspecified atom stereocenters. The molecule has 1 amide bonds. The number of nitrogens with one attached hydrogen (secondary N) is 1. The van der Waals surface area contributed by atoms with Crippen molar-refractivity contribution in [3.05, 3.63) is 56.8 Å². The zero-order chi connectivity index (χ0) is 16.3. The SMILES string of the molecule is Cc1c(/C=N\NC(=O)c2cc(Cl)ccc2Cl)cc(C#N)n1C. The Morgan fingerprint density at radius 2 is 2.14 bits per heavy atom. The average Bonchev–Trinajstić information content (AvgIpc) is 2.77. The summed E-state index contributed by atoms with van der Waals surface area (Å²) in [6, 6.07) is 8.38. The molecule has 112 valence electrons. The lowest BCUT2D eigenvalue weighted by Gasteiger charge is -2.03. The van der Waals surface area contributed by atoms with E-state index in [0.717, 1.165) is 11.3 Å². The van der Waals surface area contributed by atoms with Crippen molar-refractivity contribution >= 4 is 35.3 Å². The minimum atomic E-state index is -0.460. The van der Waals surface area contributed by atoms with Gasteiger partial charge in [-0.05, 0) is 31.2 Å². The van der Waals surface area contributed by atoms with Crippen LogP contribution in [-0.2, 0) is 7.05 Å². The molecule has 0 saturated carbocycles. The Labute approximate surface area is 137 Å². The number of nitriles is 1. The molecule has 22 heavy (non-hydrogen) atoms. The number of halogens is 2. The number of carbonyl (C=O) groups is 1. The van der Waals surface area contributed by atoms with Crippen LogP contribution in [0.1, 0.15) is 27.3 Å². The third-order valence-corrected chi connectivity index (χ3v) is 3.80. The number of hydrogen-bond acceptors (Lipinski definition) is 3. The van der Waals surface area contributed by atoms with Crippen LogP contribution in [0.2, 0.25) is 10.0 Å². The molecule has 0 aliphatic carbocycles. The second-order valence-electron chi connectivity index (χ2n) is 4.56. The summed E-state index contributed by atoms with van der Waals surface area (Å²) in [5.41, 5.74) is 4.76. The first-order chi connectivity index (χ1) is 10.4. The molecule has 1 aromatic carbocycles. The normalized spacial score (nSPS) is 10.7. The largest absolute Gasteiger partial charge is 0.339 e. The molecule has 5 nitrogen and oxygen atoms in total. The highest BCUT2D eigenvalue weighted by Crippen LogP contribution is 2.20. The van der Waals surface area contributed by atoms with E-state index in [1.807, 2.05) is 6.92 Å². The number of benzene rings is 1. The predicted molar refractivity (Wildman–Crippen MR) is 86.4 cm³/mol. The van der Waals surface area contributed by atoms with Gasteiger partial charge in [0.1, 0.15) is 11.8 Å². The summed E-state index contributed by atoms with van der Waals surface area (Å²) in [5.74, 6) is -0.460. The molecule has 1 heterocycles. The maximum absolute atomic E-state index is 12.0. The maximum atomic E-state index is 12.0. The lowest BCUT2D eigenvalue weighted by molar-refractivity contribution is 0.0955. The Kier molecular flexibility index (Phi) is 4.86. The van der Waals surface area contributed by atoms with Crippen LogP contribution >= 0.6 is 23.2 Å². The number of nitrogens with zero attached hydrogens (tertiary/aromatic N) is 3. The molecular weight excluding hydrogens is 323 g/mol. The lowest BCUT2D eigenvalue weighted by Crippen LogP contribution is -2.18. The number of amides is 1. The Bertz CT molecular complexity index is 803. The van der Waals surface area contributed by atoms with E-state index in [9.17, 15) is 4.79 Å². The first kappa shape index (κ1) is 16.1. The van der Waals surface area contributed by atoms with Gasteiger partial charge in [0.2, 0.25) is 0 Å². The molecular formula is C15H12Cl2N4O. The molecule has 2 aromatic rings. The molecule has 0 spiro atoms. The summed E-state index contributed by atoms with van der Waals surface area (Å²) in [6.45, 7) is 1.86. The first-order valence-electron chi connectivity index (χ1n) is 6.29. The Hall–Kier alpha value is -2.29. The number of aromatic nitrogens is 1. The third-order valence-electron chi connectivity index (χ3n) is 3.23. The van der Waals surface area contributed by atoms with Crippen molar-refractivity contribution in [3.8, 4) is 6.07 Å². The van der Waals surface area contributed by atoms with Gasteiger partial charge in [0, 0.05) is 23.3 Å². The molecule has 0 radical (unpaired) electrons. The van der Waals surface area contributed by atoms with Crippen molar-refractivity contribution in [1.82, 2.24) is 9.99 Å². The van der Waals surface area contributed by atoms with Crippen LogP contribution < -0.4 is 5.43 Å². The van der Waals surface area contributed by atoms with Crippen molar-refractivity contribution in [3.63, 3.8) is 0 Å². The topological polar surface area (TPSA) is 70.2 Å². The van der Waals surface area contributed by atoms with E-state index in [1.165, 1.54) is 12.3 Å². The van der Waals surface area contributed by atoms with Crippen LogP contribution in [0.15, 0.2) is 29.4 Å². The van der Waals surface area contributed by atoms with Crippen molar-refractivity contribution in [2.24, 2.45) is 12.1 Å². The van der Waals surface area contributed by atoms with Gasteiger partial charge in [-0.25, -0.2) is 5.43 Å². The van der Waals surface area contributed by atoms with E-state index >= 15 is 0 Å². The summed E-state index contributed by atoms with van der Waals surface area (Å²) in [7, 11) is 1.79. The molecule has 2 rings (SSSR count). The van der Waals surface area contributed by atoms with E-state index in [1.54, 1.807) is 29.8 Å². The van der Waals surface area contributed by atoms with E-state index in [-0.39, 0.29) is 5.56 Å². The van der Waals surface area contributed by atoms with E-state index in [4.69, 9.17) is 28.5 Å². The van der Waals surface area contributed by atoms with Gasteiger partial charge in [0.15, 0.2) is 0 Å². The smallest absolute Gasteiger partial charge is 0.272 e. The zero-order valence-corrected chi connectivity index (χ0v) is 13.4. The lowest BCUT2D eigenvalue weighted by atomic mass is 10.2. The summed E-state index contributed by atoms with van der Waals surface area (Å²) < 4.78 is 1.75. The highest BCUT2D eigenvalue weighted by Gasteiger charge is 2.10.